The van der Waals surface area contributed by atoms with Gasteiger partial charge in [0.15, 0.2) is 0 Å². The van der Waals surface area contributed by atoms with E-state index in [1.165, 1.54) is 11.9 Å². The van der Waals surface area contributed by atoms with Crippen LogP contribution >= 0.6 is 0 Å². The van der Waals surface area contributed by atoms with Crippen LogP contribution in [0.4, 0.5) is 4.79 Å². The minimum Gasteiger partial charge on any atom is -0.465 e. The molecule has 0 bridgehead atoms. The minimum absolute atomic E-state index is 0.00898. The molecule has 0 atom stereocenters. The van der Waals surface area contributed by atoms with Crippen LogP contribution in [0.25, 0.3) is 0 Å². The predicted octanol–water partition coefficient (Wildman–Crippen LogP) is 1.29. The number of hydrogen-bond donors (Lipinski definition) is 2. The Morgan fingerprint density at radius 1 is 1.29 bits per heavy atom. The predicted molar refractivity (Wildman–Crippen MR) is 51.9 cm³/mol. The highest BCUT2D eigenvalue weighted by Crippen LogP contribution is 2.06. The third-order valence-corrected chi connectivity index (χ3v) is 1.95. The van der Waals surface area contributed by atoms with E-state index in [0.717, 1.165) is 11.1 Å². The summed E-state index contributed by atoms with van der Waals surface area (Å²) >= 11 is 0. The number of amides is 1. The molecule has 14 heavy (non-hydrogen) atoms. The number of aliphatic hydroxyl groups excluding tert-OH is 1. The van der Waals surface area contributed by atoms with E-state index < -0.39 is 6.09 Å². The van der Waals surface area contributed by atoms with Crippen molar-refractivity contribution in [1.29, 1.82) is 0 Å². The fourth-order valence-corrected chi connectivity index (χ4v) is 1.09. The van der Waals surface area contributed by atoms with Gasteiger partial charge in [0.2, 0.25) is 0 Å². The van der Waals surface area contributed by atoms with E-state index in [1.54, 1.807) is 12.1 Å². The molecule has 0 aliphatic heterocycles. The third-order valence-electron chi connectivity index (χ3n) is 1.95. The SMILES string of the molecule is CN(Cc1ccc(CO)cc1)C(=O)O. The molecule has 0 spiro atoms. The van der Waals surface area contributed by atoms with Crippen LogP contribution in [0.5, 0.6) is 0 Å². The van der Waals surface area contributed by atoms with Gasteiger partial charge in [0, 0.05) is 13.6 Å². The van der Waals surface area contributed by atoms with E-state index >= 15 is 0 Å². The quantitative estimate of drug-likeness (QED) is 0.764. The first kappa shape index (κ1) is 10.5. The Kier molecular flexibility index (Phi) is 3.48. The lowest BCUT2D eigenvalue weighted by atomic mass is 10.1. The summed E-state index contributed by atoms with van der Waals surface area (Å²) in [5.41, 5.74) is 1.74. The molecule has 1 amide bonds. The highest BCUT2D eigenvalue weighted by molar-refractivity contribution is 5.64. The van der Waals surface area contributed by atoms with Crippen LogP contribution in [0.1, 0.15) is 11.1 Å². The second-order valence-electron chi connectivity index (χ2n) is 3.11. The van der Waals surface area contributed by atoms with Gasteiger partial charge in [0.25, 0.3) is 0 Å². The van der Waals surface area contributed by atoms with E-state index in [9.17, 15) is 4.79 Å². The summed E-state index contributed by atoms with van der Waals surface area (Å²) < 4.78 is 0. The molecule has 1 aromatic rings. The van der Waals surface area contributed by atoms with Gasteiger partial charge < -0.3 is 15.1 Å². The summed E-state index contributed by atoms with van der Waals surface area (Å²) in [4.78, 5) is 11.7. The second kappa shape index (κ2) is 4.62. The molecule has 76 valence electrons. The van der Waals surface area contributed by atoms with Gasteiger partial charge in [0.1, 0.15) is 0 Å². The monoisotopic (exact) mass is 195 g/mol. The molecular formula is C10H13NO3. The molecule has 0 aliphatic rings. The van der Waals surface area contributed by atoms with Crippen LogP contribution in [0.15, 0.2) is 24.3 Å². The van der Waals surface area contributed by atoms with Gasteiger partial charge in [-0.05, 0) is 11.1 Å². The van der Waals surface area contributed by atoms with Crippen molar-refractivity contribution in [1.82, 2.24) is 4.90 Å². The van der Waals surface area contributed by atoms with Crippen LogP contribution in [-0.4, -0.2) is 28.3 Å². The van der Waals surface area contributed by atoms with Crippen molar-refractivity contribution in [3.05, 3.63) is 35.4 Å². The van der Waals surface area contributed by atoms with Crippen molar-refractivity contribution < 1.29 is 15.0 Å². The molecular weight excluding hydrogens is 182 g/mol. The van der Waals surface area contributed by atoms with E-state index in [0.29, 0.717) is 6.54 Å². The van der Waals surface area contributed by atoms with Crippen LogP contribution in [0, 0.1) is 0 Å². The Labute approximate surface area is 82.4 Å². The number of carboxylic acid groups (broad SMARTS) is 1. The van der Waals surface area contributed by atoms with E-state index in [1.807, 2.05) is 12.1 Å². The number of hydrogen-bond acceptors (Lipinski definition) is 2. The first-order valence-corrected chi connectivity index (χ1v) is 4.26. The summed E-state index contributed by atoms with van der Waals surface area (Å²) in [6.07, 6.45) is -0.948. The highest BCUT2D eigenvalue weighted by atomic mass is 16.4. The average molecular weight is 195 g/mol. The second-order valence-corrected chi connectivity index (χ2v) is 3.11. The van der Waals surface area contributed by atoms with Crippen molar-refractivity contribution >= 4 is 6.09 Å². The molecule has 0 saturated heterocycles. The minimum atomic E-state index is -0.948. The number of aliphatic hydroxyl groups is 1. The molecule has 2 N–H and O–H groups in total. The summed E-state index contributed by atoms with van der Waals surface area (Å²) in [6.45, 7) is 0.371. The van der Waals surface area contributed by atoms with Crippen LogP contribution in [0.3, 0.4) is 0 Å². The molecule has 4 nitrogen and oxygen atoms in total. The summed E-state index contributed by atoms with van der Waals surface area (Å²) in [6, 6.07) is 7.19. The van der Waals surface area contributed by atoms with Crippen molar-refractivity contribution in [3.8, 4) is 0 Å². The van der Waals surface area contributed by atoms with Gasteiger partial charge >= 0.3 is 6.09 Å². The average Bonchev–Trinajstić information content (AvgIpc) is 2.19. The Bertz CT molecular complexity index is 308. The Hall–Kier alpha value is -1.55. The van der Waals surface area contributed by atoms with Crippen LogP contribution in [-0.2, 0) is 13.2 Å². The molecule has 0 fully saturated rings. The third kappa shape index (κ3) is 2.74. The molecule has 0 unspecified atom stereocenters. The van der Waals surface area contributed by atoms with Crippen LogP contribution < -0.4 is 0 Å². The van der Waals surface area contributed by atoms with Crippen molar-refractivity contribution in [2.45, 2.75) is 13.2 Å². The van der Waals surface area contributed by atoms with Crippen molar-refractivity contribution in [2.75, 3.05) is 7.05 Å². The highest BCUT2D eigenvalue weighted by Gasteiger charge is 2.05. The molecule has 0 heterocycles. The van der Waals surface area contributed by atoms with E-state index in [4.69, 9.17) is 10.2 Å². The molecule has 4 heteroatoms. The van der Waals surface area contributed by atoms with Gasteiger partial charge in [-0.3, -0.25) is 0 Å². The topological polar surface area (TPSA) is 60.8 Å². The Morgan fingerprint density at radius 2 is 1.79 bits per heavy atom. The smallest absolute Gasteiger partial charge is 0.407 e. The normalized spacial score (nSPS) is 9.86. The van der Waals surface area contributed by atoms with Gasteiger partial charge in [-0.15, -0.1) is 0 Å². The standard InChI is InChI=1S/C10H13NO3/c1-11(10(13)14)6-8-2-4-9(7-12)5-3-8/h2-5,12H,6-7H2,1H3,(H,13,14). The molecule has 1 rings (SSSR count). The van der Waals surface area contributed by atoms with Crippen LogP contribution in [0.2, 0.25) is 0 Å². The number of rotatable bonds is 3. The van der Waals surface area contributed by atoms with Gasteiger partial charge in [-0.2, -0.15) is 0 Å². The molecule has 0 aromatic heterocycles. The Morgan fingerprint density at radius 3 is 2.21 bits per heavy atom. The molecule has 0 radical (unpaired) electrons. The maximum absolute atomic E-state index is 10.5. The lowest BCUT2D eigenvalue weighted by molar-refractivity contribution is 0.153. The van der Waals surface area contributed by atoms with Gasteiger partial charge in [-0.1, -0.05) is 24.3 Å². The van der Waals surface area contributed by atoms with Gasteiger partial charge in [0.05, 0.1) is 6.61 Å². The van der Waals surface area contributed by atoms with E-state index in [2.05, 4.69) is 0 Å². The number of nitrogens with zero attached hydrogens (tertiary/aromatic N) is 1. The zero-order chi connectivity index (χ0) is 10.6. The maximum atomic E-state index is 10.5. The first-order chi connectivity index (χ1) is 6.63. The van der Waals surface area contributed by atoms with Gasteiger partial charge in [-0.25, -0.2) is 4.79 Å². The largest absolute Gasteiger partial charge is 0.465 e. The number of carbonyl (C=O) groups is 1. The van der Waals surface area contributed by atoms with Crippen molar-refractivity contribution in [2.24, 2.45) is 0 Å². The van der Waals surface area contributed by atoms with E-state index in [-0.39, 0.29) is 6.61 Å². The first-order valence-electron chi connectivity index (χ1n) is 4.26. The molecule has 0 aliphatic carbocycles. The number of benzene rings is 1. The fraction of sp³-hybridized carbons (Fsp3) is 0.300. The maximum Gasteiger partial charge on any atom is 0.407 e. The Balaban J connectivity index is 2.64. The summed E-state index contributed by atoms with van der Waals surface area (Å²) in [5, 5.41) is 17.4. The summed E-state index contributed by atoms with van der Waals surface area (Å²) in [5.74, 6) is 0. The summed E-state index contributed by atoms with van der Waals surface area (Å²) in [7, 11) is 1.52. The molecule has 1 aromatic carbocycles. The lowest BCUT2D eigenvalue weighted by Gasteiger charge is -2.12. The van der Waals surface area contributed by atoms with Crippen molar-refractivity contribution in [3.63, 3.8) is 0 Å². The lowest BCUT2D eigenvalue weighted by Crippen LogP contribution is -2.23. The fourth-order valence-electron chi connectivity index (χ4n) is 1.09. The zero-order valence-electron chi connectivity index (χ0n) is 7.97. The zero-order valence-corrected chi connectivity index (χ0v) is 7.97. The molecule has 0 saturated carbocycles.